The van der Waals surface area contributed by atoms with E-state index in [2.05, 4.69) is 30.3 Å². The number of alkyl halides is 2. The Morgan fingerprint density at radius 1 is 1.00 bits per heavy atom. The topological polar surface area (TPSA) is 43.1 Å². The average molecular weight is 414 g/mol. The molecule has 2 aromatic rings. The lowest BCUT2D eigenvalue weighted by molar-refractivity contribution is -0.0142. The maximum Gasteiger partial charge on any atom is 0.248 e. The third-order valence-electron chi connectivity index (χ3n) is 7.34. The molecule has 4 saturated carbocycles. The van der Waals surface area contributed by atoms with Gasteiger partial charge in [-0.1, -0.05) is 48.5 Å². The molecular formula is C24H25Cl2NO. The van der Waals surface area contributed by atoms with Crippen LogP contribution in [0.2, 0.25) is 0 Å². The minimum Gasteiger partial charge on any atom is -0.366 e. The molecule has 0 saturated heterocycles. The predicted octanol–water partition coefficient (Wildman–Crippen LogP) is 5.71. The Bertz CT molecular complexity index is 916. The largest absolute Gasteiger partial charge is 0.366 e. The van der Waals surface area contributed by atoms with E-state index in [-0.39, 0.29) is 27.5 Å². The highest BCUT2D eigenvalue weighted by atomic mass is 35.5. The van der Waals surface area contributed by atoms with Crippen molar-refractivity contribution in [1.82, 2.24) is 0 Å². The molecule has 0 aliphatic heterocycles. The lowest BCUT2D eigenvalue weighted by atomic mass is 9.47. The molecule has 6 atom stereocenters. The third kappa shape index (κ3) is 2.88. The van der Waals surface area contributed by atoms with Crippen LogP contribution < -0.4 is 5.73 Å². The van der Waals surface area contributed by atoms with E-state index in [0.29, 0.717) is 17.4 Å². The second-order valence-electron chi connectivity index (χ2n) is 9.20. The number of nitrogens with two attached hydrogens (primary N) is 1. The molecule has 0 unspecified atom stereocenters. The Morgan fingerprint density at radius 2 is 1.71 bits per heavy atom. The van der Waals surface area contributed by atoms with Gasteiger partial charge in [-0.3, -0.25) is 4.79 Å². The lowest BCUT2D eigenvalue weighted by Gasteiger charge is -2.63. The number of hydrogen-bond acceptors (Lipinski definition) is 1. The van der Waals surface area contributed by atoms with Gasteiger partial charge in [0.05, 0.1) is 4.87 Å². The summed E-state index contributed by atoms with van der Waals surface area (Å²) in [5, 5.41) is 0. The number of carbonyl (C=O) groups is 1. The molecule has 0 heterocycles. The number of halogens is 2. The zero-order valence-corrected chi connectivity index (χ0v) is 17.3. The zero-order valence-electron chi connectivity index (χ0n) is 15.8. The summed E-state index contributed by atoms with van der Waals surface area (Å²) in [6.07, 6.45) is 5.18. The van der Waals surface area contributed by atoms with Crippen LogP contribution in [0, 0.1) is 17.8 Å². The van der Waals surface area contributed by atoms with Crippen LogP contribution in [0.5, 0.6) is 0 Å². The number of primary amides is 1. The minimum absolute atomic E-state index is 0.0488. The van der Waals surface area contributed by atoms with Crippen LogP contribution >= 0.6 is 23.2 Å². The summed E-state index contributed by atoms with van der Waals surface area (Å²) in [4.78, 5) is 11.8. The molecule has 4 bridgehead atoms. The Kier molecular flexibility index (Phi) is 4.30. The number of hydrogen-bond donors (Lipinski definition) is 1. The fourth-order valence-electron chi connectivity index (χ4n) is 6.80. The van der Waals surface area contributed by atoms with Crippen LogP contribution in [0.3, 0.4) is 0 Å². The number of carbonyl (C=O) groups excluding carboxylic acids is 1. The van der Waals surface area contributed by atoms with Crippen molar-refractivity contribution in [2.45, 2.75) is 47.8 Å². The van der Waals surface area contributed by atoms with Gasteiger partial charge >= 0.3 is 0 Å². The smallest absolute Gasteiger partial charge is 0.248 e. The van der Waals surface area contributed by atoms with Gasteiger partial charge < -0.3 is 5.73 Å². The van der Waals surface area contributed by atoms with Gasteiger partial charge in [-0.2, -0.15) is 0 Å². The van der Waals surface area contributed by atoms with Crippen molar-refractivity contribution in [3.8, 4) is 0 Å². The van der Waals surface area contributed by atoms with Gasteiger partial charge in [0.25, 0.3) is 0 Å². The number of benzene rings is 2. The van der Waals surface area contributed by atoms with Crippen LogP contribution in [-0.2, 0) is 0 Å². The lowest BCUT2D eigenvalue weighted by Crippen LogP contribution is -2.61. The molecule has 6 rings (SSSR count). The monoisotopic (exact) mass is 413 g/mol. The van der Waals surface area contributed by atoms with E-state index in [1.54, 1.807) is 0 Å². The van der Waals surface area contributed by atoms with Crippen LogP contribution in [0.25, 0.3) is 0 Å². The summed E-state index contributed by atoms with van der Waals surface area (Å²) in [5.41, 5.74) is 8.58. The molecule has 4 aliphatic rings. The van der Waals surface area contributed by atoms with Crippen LogP contribution in [0.15, 0.2) is 54.6 Å². The van der Waals surface area contributed by atoms with Crippen molar-refractivity contribution in [1.29, 1.82) is 0 Å². The van der Waals surface area contributed by atoms with E-state index in [0.717, 1.165) is 31.2 Å². The first-order valence-electron chi connectivity index (χ1n) is 10.2. The Balaban J connectivity index is 1.68. The maximum absolute atomic E-state index is 12.2. The van der Waals surface area contributed by atoms with Gasteiger partial charge in [0.15, 0.2) is 0 Å². The fraction of sp³-hybridized carbons (Fsp3) is 0.458. The summed E-state index contributed by atoms with van der Waals surface area (Å²) in [7, 11) is 0. The molecule has 4 aliphatic carbocycles. The normalized spacial score (nSPS) is 37.0. The van der Waals surface area contributed by atoms with E-state index in [1.807, 2.05) is 24.3 Å². The number of amides is 1. The molecule has 28 heavy (non-hydrogen) atoms. The molecule has 0 aromatic heterocycles. The molecular weight excluding hydrogens is 389 g/mol. The molecule has 0 spiro atoms. The summed E-state index contributed by atoms with van der Waals surface area (Å²) >= 11 is 14.4. The van der Waals surface area contributed by atoms with Gasteiger partial charge in [-0.15, -0.1) is 23.2 Å². The highest BCUT2D eigenvalue weighted by molar-refractivity contribution is 6.28. The Labute approximate surface area is 176 Å². The molecule has 146 valence electrons. The summed E-state index contributed by atoms with van der Waals surface area (Å²) in [6, 6.07) is 18.2. The molecule has 0 radical (unpaired) electrons. The van der Waals surface area contributed by atoms with Crippen molar-refractivity contribution >= 4 is 29.1 Å². The first-order chi connectivity index (χ1) is 13.4. The molecule has 1 amide bonds. The van der Waals surface area contributed by atoms with Gasteiger partial charge in [0.1, 0.15) is 0 Å². The zero-order chi connectivity index (χ0) is 19.5. The predicted molar refractivity (Wildman–Crippen MR) is 114 cm³/mol. The highest BCUT2D eigenvalue weighted by Crippen LogP contribution is 2.67. The van der Waals surface area contributed by atoms with Gasteiger partial charge in [-0.25, -0.2) is 0 Å². The molecule has 4 fully saturated rings. The Hall–Kier alpha value is -1.51. The highest BCUT2D eigenvalue weighted by Gasteiger charge is 2.63. The third-order valence-corrected chi connectivity index (χ3v) is 8.32. The second kappa shape index (κ2) is 6.50. The molecule has 2 N–H and O–H groups in total. The van der Waals surface area contributed by atoms with Crippen molar-refractivity contribution in [2.24, 2.45) is 23.5 Å². The van der Waals surface area contributed by atoms with Crippen molar-refractivity contribution < 1.29 is 4.79 Å². The van der Waals surface area contributed by atoms with Crippen molar-refractivity contribution in [3.63, 3.8) is 0 Å². The average Bonchev–Trinajstić information content (AvgIpc) is 2.63. The standard InChI is InChI=1S/C24H25Cl2NO/c25-23-11-15-10-17(13-23)21(24(26,12-15)14-23)20(16-6-2-1-3-7-16)18-8-4-5-9-19(18)22(27)28/h1-9,15,17,20-21H,10-14H2,(H2,27,28)/t15-,17+,20-,21-,23+,24+/m1/s1. The molecule has 2 nitrogen and oxygen atoms in total. The first kappa shape index (κ1) is 18.5. The van der Waals surface area contributed by atoms with Gasteiger partial charge in [0.2, 0.25) is 5.91 Å². The summed E-state index contributed by atoms with van der Waals surface area (Å²) in [5.74, 6) is 1.02. The Morgan fingerprint density at radius 3 is 2.39 bits per heavy atom. The number of rotatable bonds is 4. The maximum atomic E-state index is 12.2. The van der Waals surface area contributed by atoms with E-state index in [4.69, 9.17) is 28.9 Å². The summed E-state index contributed by atoms with van der Waals surface area (Å²) < 4.78 is 0. The van der Waals surface area contributed by atoms with Crippen LogP contribution in [0.4, 0.5) is 0 Å². The van der Waals surface area contributed by atoms with Crippen LogP contribution in [0.1, 0.15) is 59.5 Å². The van der Waals surface area contributed by atoms with Crippen molar-refractivity contribution in [2.75, 3.05) is 0 Å². The second-order valence-corrected chi connectivity index (χ2v) is 10.8. The minimum atomic E-state index is -0.377. The van der Waals surface area contributed by atoms with E-state index in [9.17, 15) is 4.79 Å². The van der Waals surface area contributed by atoms with E-state index >= 15 is 0 Å². The van der Waals surface area contributed by atoms with E-state index < -0.39 is 0 Å². The SMILES string of the molecule is NC(=O)c1ccccc1[C@@H](c1ccccc1)[C@H]1[C@H]2C[C@@H]3C[C@](Cl)(C2)C[C@@]1(Cl)C3. The van der Waals surface area contributed by atoms with Gasteiger partial charge in [-0.05, 0) is 67.1 Å². The summed E-state index contributed by atoms with van der Waals surface area (Å²) in [6.45, 7) is 0. The molecule has 4 heteroatoms. The first-order valence-corrected chi connectivity index (χ1v) is 11.0. The fourth-order valence-corrected chi connectivity index (χ4v) is 8.30. The quantitative estimate of drug-likeness (QED) is 0.640. The van der Waals surface area contributed by atoms with Crippen molar-refractivity contribution in [3.05, 3.63) is 71.3 Å². The van der Waals surface area contributed by atoms with Gasteiger partial charge in [0, 0.05) is 16.4 Å². The molecule has 2 aromatic carbocycles. The van der Waals surface area contributed by atoms with E-state index in [1.165, 1.54) is 12.0 Å². The van der Waals surface area contributed by atoms with Crippen LogP contribution in [-0.4, -0.2) is 15.7 Å².